The van der Waals surface area contributed by atoms with Crippen LogP contribution in [0.25, 0.3) is 12.2 Å². The van der Waals surface area contributed by atoms with Crippen LogP contribution in [0.4, 0.5) is 0 Å². The Labute approximate surface area is 140 Å². The van der Waals surface area contributed by atoms with E-state index >= 15 is 0 Å². The van der Waals surface area contributed by atoms with E-state index in [0.717, 1.165) is 5.56 Å². The minimum atomic E-state index is -0.537. The molecule has 2 aromatic carbocycles. The lowest BCUT2D eigenvalue weighted by atomic mass is 9.97. The molecule has 1 aliphatic rings. The molecule has 2 N–H and O–H groups in total. The second-order valence-corrected chi connectivity index (χ2v) is 6.18. The van der Waals surface area contributed by atoms with Crippen molar-refractivity contribution in [2.24, 2.45) is 0 Å². The van der Waals surface area contributed by atoms with Gasteiger partial charge >= 0.3 is 0 Å². The number of allylic oxidation sites excluding steroid dienone is 1. The summed E-state index contributed by atoms with van der Waals surface area (Å²) in [6.07, 6.45) is 6.45. The minimum Gasteiger partial charge on any atom is -0.507 e. The van der Waals surface area contributed by atoms with Crippen molar-refractivity contribution < 1.29 is 19.7 Å². The maximum Gasteiger partial charge on any atom is 0.193 e. The Bertz CT molecular complexity index is 846. The molecule has 0 spiro atoms. The molecule has 3 rings (SSSR count). The summed E-state index contributed by atoms with van der Waals surface area (Å²) in [4.78, 5) is 12.4. The molecule has 1 aliphatic heterocycles. The van der Waals surface area contributed by atoms with Crippen LogP contribution in [-0.2, 0) is 0 Å². The zero-order valence-electron chi connectivity index (χ0n) is 13.5. The highest BCUT2D eigenvalue weighted by Gasteiger charge is 2.27. The van der Waals surface area contributed by atoms with Crippen molar-refractivity contribution in [2.45, 2.75) is 19.4 Å². The highest BCUT2D eigenvalue weighted by atomic mass is 16.5. The maximum atomic E-state index is 12.4. The number of phenolic OH excluding ortho intramolecular Hbond substituents is 2. The Balaban J connectivity index is 1.97. The third-order valence-corrected chi connectivity index (χ3v) is 3.78. The molecule has 4 nitrogen and oxygen atoms in total. The number of carbonyl (C=O) groups excluding carboxylic acids is 1. The van der Waals surface area contributed by atoms with E-state index in [4.69, 9.17) is 4.74 Å². The summed E-state index contributed by atoms with van der Waals surface area (Å²) in [5.41, 5.74) is 0.579. The lowest BCUT2D eigenvalue weighted by Gasteiger charge is -2.28. The number of hydrogen-bond acceptors (Lipinski definition) is 4. The molecule has 0 fully saturated rings. The van der Waals surface area contributed by atoms with Gasteiger partial charge in [-0.25, -0.2) is 0 Å². The van der Waals surface area contributed by atoms with Crippen LogP contribution in [0.2, 0.25) is 0 Å². The van der Waals surface area contributed by atoms with Gasteiger partial charge in [0.2, 0.25) is 0 Å². The fourth-order valence-corrected chi connectivity index (χ4v) is 2.56. The molecule has 0 amide bonds. The molecule has 2 aromatic rings. The van der Waals surface area contributed by atoms with Crippen LogP contribution in [0.3, 0.4) is 0 Å². The predicted molar refractivity (Wildman–Crippen MR) is 93.3 cm³/mol. The summed E-state index contributed by atoms with van der Waals surface area (Å²) in [6, 6.07) is 10.7. The van der Waals surface area contributed by atoms with E-state index in [1.807, 2.05) is 44.2 Å². The first-order valence-electron chi connectivity index (χ1n) is 7.62. The summed E-state index contributed by atoms with van der Waals surface area (Å²) in [5.74, 6) is -0.713. The van der Waals surface area contributed by atoms with E-state index in [2.05, 4.69) is 0 Å². The van der Waals surface area contributed by atoms with Crippen molar-refractivity contribution in [3.05, 3.63) is 65.2 Å². The van der Waals surface area contributed by atoms with Crippen LogP contribution < -0.4 is 4.74 Å². The van der Waals surface area contributed by atoms with Crippen LogP contribution in [0.5, 0.6) is 17.2 Å². The van der Waals surface area contributed by atoms with Crippen LogP contribution >= 0.6 is 0 Å². The molecular formula is C20H18O4. The van der Waals surface area contributed by atoms with Gasteiger partial charge in [-0.05, 0) is 37.6 Å². The van der Waals surface area contributed by atoms with Crippen molar-refractivity contribution in [3.8, 4) is 17.2 Å². The van der Waals surface area contributed by atoms with Crippen molar-refractivity contribution in [1.29, 1.82) is 0 Å². The number of hydrogen-bond donors (Lipinski definition) is 2. The number of phenols is 2. The van der Waals surface area contributed by atoms with Gasteiger partial charge in [-0.15, -0.1) is 0 Å². The summed E-state index contributed by atoms with van der Waals surface area (Å²) in [7, 11) is 0. The van der Waals surface area contributed by atoms with E-state index in [1.165, 1.54) is 12.1 Å². The number of ketones is 1. The Morgan fingerprint density at radius 3 is 2.58 bits per heavy atom. The molecule has 0 radical (unpaired) electrons. The highest BCUT2D eigenvalue weighted by Crippen LogP contribution is 2.43. The number of rotatable bonds is 3. The summed E-state index contributed by atoms with van der Waals surface area (Å²) < 4.78 is 5.71. The molecule has 0 saturated carbocycles. The Morgan fingerprint density at radius 1 is 1.17 bits per heavy atom. The molecule has 0 bridgehead atoms. The van der Waals surface area contributed by atoms with Gasteiger partial charge in [-0.1, -0.05) is 36.4 Å². The molecule has 4 heteroatoms. The van der Waals surface area contributed by atoms with Gasteiger partial charge in [-0.3, -0.25) is 4.79 Å². The fraction of sp³-hybridized carbons (Fsp3) is 0.150. The normalized spacial score (nSPS) is 15.1. The Hall–Kier alpha value is -3.01. The van der Waals surface area contributed by atoms with Crippen molar-refractivity contribution >= 4 is 17.9 Å². The lowest BCUT2D eigenvalue weighted by Crippen LogP contribution is -2.27. The molecule has 0 atom stereocenters. The maximum absolute atomic E-state index is 12.4. The van der Waals surface area contributed by atoms with Gasteiger partial charge in [0.05, 0.1) is 5.56 Å². The minimum absolute atomic E-state index is 0.131. The monoisotopic (exact) mass is 322 g/mol. The van der Waals surface area contributed by atoms with Crippen molar-refractivity contribution in [2.75, 3.05) is 0 Å². The zero-order chi connectivity index (χ0) is 17.3. The fourth-order valence-electron chi connectivity index (χ4n) is 2.56. The van der Waals surface area contributed by atoms with E-state index in [-0.39, 0.29) is 17.1 Å². The first-order chi connectivity index (χ1) is 11.4. The van der Waals surface area contributed by atoms with E-state index < -0.39 is 11.4 Å². The summed E-state index contributed by atoms with van der Waals surface area (Å²) in [5, 5.41) is 20.6. The van der Waals surface area contributed by atoms with Gasteiger partial charge in [0.25, 0.3) is 0 Å². The molecule has 0 aliphatic carbocycles. The third kappa shape index (κ3) is 3.04. The molecule has 0 saturated heterocycles. The van der Waals surface area contributed by atoms with Crippen LogP contribution in [-0.4, -0.2) is 21.6 Å². The topological polar surface area (TPSA) is 66.8 Å². The molecule has 24 heavy (non-hydrogen) atoms. The summed E-state index contributed by atoms with van der Waals surface area (Å²) >= 11 is 0. The molecule has 122 valence electrons. The van der Waals surface area contributed by atoms with Gasteiger partial charge in [0, 0.05) is 6.07 Å². The largest absolute Gasteiger partial charge is 0.507 e. The number of fused-ring (bicyclic) bond motifs is 1. The standard InChI is InChI=1S/C20H18O4/c1-20(2)11-10-14-17(24-20)12-16(22)18(19(14)23)15(21)9-8-13-6-4-3-5-7-13/h3-12,22-23H,1-2H3/b9-8+. The van der Waals surface area contributed by atoms with Crippen LogP contribution in [0.15, 0.2) is 48.6 Å². The van der Waals surface area contributed by atoms with E-state index in [0.29, 0.717) is 11.3 Å². The number of ether oxygens (including phenoxy) is 1. The van der Waals surface area contributed by atoms with Crippen molar-refractivity contribution in [1.82, 2.24) is 0 Å². The molecule has 1 heterocycles. The molecule has 0 aromatic heterocycles. The second-order valence-electron chi connectivity index (χ2n) is 6.18. The van der Waals surface area contributed by atoms with Gasteiger partial charge in [0.1, 0.15) is 28.4 Å². The Morgan fingerprint density at radius 2 is 1.88 bits per heavy atom. The second kappa shape index (κ2) is 5.89. The van der Waals surface area contributed by atoms with Gasteiger partial charge < -0.3 is 14.9 Å². The average Bonchev–Trinajstić information content (AvgIpc) is 2.52. The molecular weight excluding hydrogens is 304 g/mol. The zero-order valence-corrected chi connectivity index (χ0v) is 13.5. The summed E-state index contributed by atoms with van der Waals surface area (Å²) in [6.45, 7) is 3.73. The first-order valence-corrected chi connectivity index (χ1v) is 7.62. The first kappa shape index (κ1) is 15.9. The third-order valence-electron chi connectivity index (χ3n) is 3.78. The predicted octanol–water partition coefficient (Wildman–Crippen LogP) is 4.18. The number of benzene rings is 2. The van der Waals surface area contributed by atoms with Gasteiger partial charge in [0.15, 0.2) is 5.78 Å². The SMILES string of the molecule is CC1(C)C=Cc2c(cc(O)c(C(=O)/C=C/c3ccccc3)c2O)O1. The van der Waals surface area contributed by atoms with E-state index in [1.54, 1.807) is 18.2 Å². The smallest absolute Gasteiger partial charge is 0.193 e. The quantitative estimate of drug-likeness (QED) is 0.657. The highest BCUT2D eigenvalue weighted by molar-refractivity contribution is 6.11. The van der Waals surface area contributed by atoms with Crippen LogP contribution in [0.1, 0.15) is 35.3 Å². The lowest BCUT2D eigenvalue weighted by molar-refractivity contribution is 0.104. The van der Waals surface area contributed by atoms with E-state index in [9.17, 15) is 15.0 Å². The number of carbonyl (C=O) groups is 1. The van der Waals surface area contributed by atoms with Gasteiger partial charge in [-0.2, -0.15) is 0 Å². The number of aromatic hydroxyl groups is 2. The van der Waals surface area contributed by atoms with Crippen LogP contribution in [0, 0.1) is 0 Å². The Kier molecular flexibility index (Phi) is 3.89. The van der Waals surface area contributed by atoms with Crippen molar-refractivity contribution in [3.63, 3.8) is 0 Å². The molecule has 0 unspecified atom stereocenters. The average molecular weight is 322 g/mol.